The molecule has 0 aromatic heterocycles. The number of rotatable bonds is 3. The van der Waals surface area contributed by atoms with Gasteiger partial charge in [-0.2, -0.15) is 0 Å². The molecule has 1 aromatic rings. The molecule has 0 saturated carbocycles. The molecule has 1 aliphatic heterocycles. The van der Waals surface area contributed by atoms with E-state index in [9.17, 15) is 14.4 Å². The molecule has 1 aliphatic rings. The van der Waals surface area contributed by atoms with Gasteiger partial charge in [-0.25, -0.2) is 4.79 Å². The molecule has 1 aromatic carbocycles. The van der Waals surface area contributed by atoms with Crippen LogP contribution in [0.4, 0.5) is 4.79 Å². The van der Waals surface area contributed by atoms with E-state index in [2.05, 4.69) is 10.6 Å². The summed E-state index contributed by atoms with van der Waals surface area (Å²) in [5.41, 5.74) is -0.761. The Balaban J connectivity index is 2.36. The first-order chi connectivity index (χ1) is 9.40. The molecule has 106 valence electrons. The van der Waals surface area contributed by atoms with Crippen LogP contribution in [0.1, 0.15) is 12.5 Å². The maximum Gasteiger partial charge on any atom is 0.325 e. The van der Waals surface area contributed by atoms with E-state index in [1.54, 1.807) is 31.2 Å². The fraction of sp³-hybridized carbons (Fsp3) is 0.308. The SMILES string of the molecule is CNC(=O)CN1C(=O)NC(C)(c2ccccc2Cl)C1=O. The lowest BCUT2D eigenvalue weighted by Crippen LogP contribution is -2.42. The number of carbonyl (C=O) groups excluding carboxylic acids is 3. The van der Waals surface area contributed by atoms with Crippen molar-refractivity contribution in [2.45, 2.75) is 12.5 Å². The Morgan fingerprint density at radius 2 is 2.05 bits per heavy atom. The fourth-order valence-corrected chi connectivity index (χ4v) is 2.44. The van der Waals surface area contributed by atoms with Crippen LogP contribution in [-0.2, 0) is 15.1 Å². The van der Waals surface area contributed by atoms with Gasteiger partial charge in [0.25, 0.3) is 5.91 Å². The van der Waals surface area contributed by atoms with Gasteiger partial charge in [0, 0.05) is 17.6 Å². The molecule has 20 heavy (non-hydrogen) atoms. The van der Waals surface area contributed by atoms with Gasteiger partial charge in [0.15, 0.2) is 0 Å². The molecule has 6 nitrogen and oxygen atoms in total. The van der Waals surface area contributed by atoms with Gasteiger partial charge < -0.3 is 10.6 Å². The van der Waals surface area contributed by atoms with Crippen molar-refractivity contribution in [1.82, 2.24) is 15.5 Å². The van der Waals surface area contributed by atoms with Crippen molar-refractivity contribution in [3.8, 4) is 0 Å². The zero-order chi connectivity index (χ0) is 14.9. The summed E-state index contributed by atoms with van der Waals surface area (Å²) < 4.78 is 0. The zero-order valence-electron chi connectivity index (χ0n) is 11.1. The maximum absolute atomic E-state index is 12.4. The minimum absolute atomic E-state index is 0.318. The Kier molecular flexibility index (Phi) is 3.67. The van der Waals surface area contributed by atoms with Gasteiger partial charge in [-0.15, -0.1) is 0 Å². The van der Waals surface area contributed by atoms with E-state index < -0.39 is 23.4 Å². The largest absolute Gasteiger partial charge is 0.358 e. The van der Waals surface area contributed by atoms with Crippen LogP contribution in [0.15, 0.2) is 24.3 Å². The molecule has 0 bridgehead atoms. The number of imide groups is 1. The highest BCUT2D eigenvalue weighted by molar-refractivity contribution is 6.32. The number of hydrogen-bond donors (Lipinski definition) is 2. The number of benzene rings is 1. The predicted molar refractivity (Wildman–Crippen MR) is 73.1 cm³/mol. The highest BCUT2D eigenvalue weighted by Gasteiger charge is 2.50. The van der Waals surface area contributed by atoms with E-state index in [1.807, 2.05) is 0 Å². The number of carbonyl (C=O) groups is 3. The van der Waals surface area contributed by atoms with Gasteiger partial charge in [0.2, 0.25) is 5.91 Å². The summed E-state index contributed by atoms with van der Waals surface area (Å²) in [6.45, 7) is 1.25. The molecular weight excluding hydrogens is 282 g/mol. The Labute approximate surface area is 121 Å². The van der Waals surface area contributed by atoms with E-state index in [4.69, 9.17) is 11.6 Å². The number of halogens is 1. The molecule has 0 radical (unpaired) electrons. The Morgan fingerprint density at radius 3 is 2.65 bits per heavy atom. The Bertz CT molecular complexity index is 590. The van der Waals surface area contributed by atoms with E-state index >= 15 is 0 Å². The van der Waals surface area contributed by atoms with E-state index in [0.29, 0.717) is 10.6 Å². The second-order valence-corrected chi connectivity index (χ2v) is 5.01. The van der Waals surface area contributed by atoms with Crippen molar-refractivity contribution < 1.29 is 14.4 Å². The first-order valence-electron chi connectivity index (χ1n) is 6.00. The molecule has 1 unspecified atom stereocenters. The summed E-state index contributed by atoms with van der Waals surface area (Å²) in [6, 6.07) is 6.17. The number of nitrogens with zero attached hydrogens (tertiary/aromatic N) is 1. The first kappa shape index (κ1) is 14.3. The summed E-state index contributed by atoms with van der Waals surface area (Å²) in [5.74, 6) is -0.920. The molecule has 7 heteroatoms. The normalized spacial score (nSPS) is 21.9. The molecule has 0 aliphatic carbocycles. The van der Waals surface area contributed by atoms with Gasteiger partial charge >= 0.3 is 6.03 Å². The maximum atomic E-state index is 12.4. The quantitative estimate of drug-likeness (QED) is 0.812. The summed E-state index contributed by atoms with van der Waals surface area (Å²) in [6.07, 6.45) is 0. The number of amides is 4. The molecule has 1 atom stereocenters. The third kappa shape index (κ3) is 2.22. The smallest absolute Gasteiger partial charge is 0.325 e. The topological polar surface area (TPSA) is 78.5 Å². The lowest BCUT2D eigenvalue weighted by Gasteiger charge is -2.23. The average molecular weight is 296 g/mol. The van der Waals surface area contributed by atoms with Crippen LogP contribution in [0.2, 0.25) is 5.02 Å². The lowest BCUT2D eigenvalue weighted by molar-refractivity contribution is -0.134. The molecule has 1 saturated heterocycles. The standard InChI is InChI=1S/C13H14ClN3O3/c1-13(8-5-3-4-6-9(8)14)11(19)17(12(20)16-13)7-10(18)15-2/h3-6H,7H2,1-2H3,(H,15,18)(H,16,20). The van der Waals surface area contributed by atoms with E-state index in [1.165, 1.54) is 7.05 Å². The van der Waals surface area contributed by atoms with Crippen LogP contribution >= 0.6 is 11.6 Å². The number of hydrogen-bond acceptors (Lipinski definition) is 3. The summed E-state index contributed by atoms with van der Waals surface area (Å²) in [7, 11) is 1.44. The second-order valence-electron chi connectivity index (χ2n) is 4.60. The van der Waals surface area contributed by atoms with Crippen molar-refractivity contribution in [2.24, 2.45) is 0 Å². The van der Waals surface area contributed by atoms with Crippen LogP contribution in [-0.4, -0.2) is 36.3 Å². The molecule has 2 rings (SSSR count). The van der Waals surface area contributed by atoms with Gasteiger partial charge in [-0.1, -0.05) is 29.8 Å². The summed E-state index contributed by atoms with van der Waals surface area (Å²) in [4.78, 5) is 36.6. The second kappa shape index (κ2) is 5.13. The van der Waals surface area contributed by atoms with Gasteiger partial charge in [0.1, 0.15) is 12.1 Å². The third-order valence-electron chi connectivity index (χ3n) is 3.27. The predicted octanol–water partition coefficient (Wildman–Crippen LogP) is 0.853. The molecule has 0 spiro atoms. The molecule has 2 N–H and O–H groups in total. The Hall–Kier alpha value is -2.08. The van der Waals surface area contributed by atoms with Crippen molar-refractivity contribution >= 4 is 29.4 Å². The number of nitrogens with one attached hydrogen (secondary N) is 2. The van der Waals surface area contributed by atoms with Gasteiger partial charge in [0.05, 0.1) is 0 Å². The highest BCUT2D eigenvalue weighted by atomic mass is 35.5. The van der Waals surface area contributed by atoms with Crippen LogP contribution in [0.5, 0.6) is 0 Å². The van der Waals surface area contributed by atoms with Crippen LogP contribution < -0.4 is 10.6 Å². The summed E-state index contributed by atoms with van der Waals surface area (Å²) in [5, 5.41) is 5.34. The minimum atomic E-state index is -1.26. The lowest BCUT2D eigenvalue weighted by atomic mass is 9.92. The van der Waals surface area contributed by atoms with Crippen molar-refractivity contribution in [2.75, 3.05) is 13.6 Å². The van der Waals surface area contributed by atoms with Gasteiger partial charge in [-0.05, 0) is 13.0 Å². The van der Waals surface area contributed by atoms with E-state index in [-0.39, 0.29) is 6.54 Å². The van der Waals surface area contributed by atoms with Crippen molar-refractivity contribution in [3.05, 3.63) is 34.9 Å². The van der Waals surface area contributed by atoms with Crippen LogP contribution in [0.3, 0.4) is 0 Å². The number of likely N-dealkylation sites (N-methyl/N-ethyl adjacent to an activating group) is 1. The monoisotopic (exact) mass is 295 g/mol. The fourth-order valence-electron chi connectivity index (χ4n) is 2.11. The number of urea groups is 1. The first-order valence-corrected chi connectivity index (χ1v) is 6.37. The van der Waals surface area contributed by atoms with Crippen molar-refractivity contribution in [3.63, 3.8) is 0 Å². The molecular formula is C13H14ClN3O3. The minimum Gasteiger partial charge on any atom is -0.358 e. The van der Waals surface area contributed by atoms with E-state index in [0.717, 1.165) is 4.90 Å². The average Bonchev–Trinajstić information content (AvgIpc) is 2.63. The third-order valence-corrected chi connectivity index (χ3v) is 3.60. The van der Waals surface area contributed by atoms with Crippen molar-refractivity contribution in [1.29, 1.82) is 0 Å². The summed E-state index contributed by atoms with van der Waals surface area (Å²) >= 11 is 6.09. The zero-order valence-corrected chi connectivity index (χ0v) is 11.8. The molecule has 1 heterocycles. The van der Waals surface area contributed by atoms with Crippen LogP contribution in [0, 0.1) is 0 Å². The Morgan fingerprint density at radius 1 is 1.40 bits per heavy atom. The van der Waals surface area contributed by atoms with Crippen LogP contribution in [0.25, 0.3) is 0 Å². The molecule has 4 amide bonds. The highest BCUT2D eigenvalue weighted by Crippen LogP contribution is 2.33. The molecule has 1 fully saturated rings. The van der Waals surface area contributed by atoms with Gasteiger partial charge in [-0.3, -0.25) is 14.5 Å².